The van der Waals surface area contributed by atoms with Crippen molar-refractivity contribution in [3.63, 3.8) is 0 Å². The van der Waals surface area contributed by atoms with Crippen LogP contribution in [0.25, 0.3) is 0 Å². The first-order chi connectivity index (χ1) is 10.2. The van der Waals surface area contributed by atoms with Crippen molar-refractivity contribution in [3.05, 3.63) is 46.5 Å². The number of nitrogens with one attached hydrogen (secondary N) is 1. The Morgan fingerprint density at radius 2 is 2.19 bits per heavy atom. The quantitative estimate of drug-likeness (QED) is 0.607. The van der Waals surface area contributed by atoms with Crippen molar-refractivity contribution >= 4 is 11.6 Å². The lowest BCUT2D eigenvalue weighted by molar-refractivity contribution is 0.495. The second-order valence-electron chi connectivity index (χ2n) is 5.01. The normalized spacial score (nSPS) is 12.6. The van der Waals surface area contributed by atoms with Crippen molar-refractivity contribution in [2.24, 2.45) is 5.84 Å². The molecule has 0 bridgehead atoms. The van der Waals surface area contributed by atoms with E-state index in [2.05, 4.69) is 29.4 Å². The SMILES string of the molecule is CCc1nn(CC)c(CC(Cc2cccnc2)NN)c1Cl. The van der Waals surface area contributed by atoms with E-state index in [-0.39, 0.29) is 6.04 Å². The molecule has 2 aromatic heterocycles. The Balaban J connectivity index is 2.16. The molecule has 0 aliphatic heterocycles. The van der Waals surface area contributed by atoms with Gasteiger partial charge in [0.1, 0.15) is 0 Å². The zero-order chi connectivity index (χ0) is 15.2. The van der Waals surface area contributed by atoms with Gasteiger partial charge in [0.15, 0.2) is 0 Å². The van der Waals surface area contributed by atoms with Gasteiger partial charge < -0.3 is 0 Å². The van der Waals surface area contributed by atoms with Gasteiger partial charge in [-0.1, -0.05) is 24.6 Å². The highest BCUT2D eigenvalue weighted by atomic mass is 35.5. The lowest BCUT2D eigenvalue weighted by Crippen LogP contribution is -2.39. The highest BCUT2D eigenvalue weighted by Crippen LogP contribution is 2.23. The van der Waals surface area contributed by atoms with Crippen molar-refractivity contribution in [1.82, 2.24) is 20.2 Å². The molecule has 0 aromatic carbocycles. The summed E-state index contributed by atoms with van der Waals surface area (Å²) in [4.78, 5) is 4.14. The Morgan fingerprint density at radius 1 is 1.38 bits per heavy atom. The molecule has 5 nitrogen and oxygen atoms in total. The van der Waals surface area contributed by atoms with Gasteiger partial charge in [0.2, 0.25) is 0 Å². The Hall–Kier alpha value is -1.43. The van der Waals surface area contributed by atoms with Gasteiger partial charge in [-0.15, -0.1) is 0 Å². The van der Waals surface area contributed by atoms with E-state index in [1.165, 1.54) is 0 Å². The highest BCUT2D eigenvalue weighted by Gasteiger charge is 2.18. The number of nitrogens with two attached hydrogens (primary N) is 1. The highest BCUT2D eigenvalue weighted by molar-refractivity contribution is 6.31. The van der Waals surface area contributed by atoms with Crippen LogP contribution in [0.1, 0.15) is 30.8 Å². The summed E-state index contributed by atoms with van der Waals surface area (Å²) in [5.74, 6) is 5.71. The zero-order valence-electron chi connectivity index (χ0n) is 12.5. The number of aryl methyl sites for hydroxylation is 2. The second-order valence-corrected chi connectivity index (χ2v) is 5.39. The fraction of sp³-hybridized carbons (Fsp3) is 0.467. The van der Waals surface area contributed by atoms with Crippen LogP contribution in [0.2, 0.25) is 5.02 Å². The third-order valence-electron chi connectivity index (χ3n) is 3.57. The molecule has 0 fully saturated rings. The van der Waals surface area contributed by atoms with Crippen molar-refractivity contribution in [3.8, 4) is 0 Å². The molecular formula is C15H22ClN5. The summed E-state index contributed by atoms with van der Waals surface area (Å²) >= 11 is 6.45. The van der Waals surface area contributed by atoms with Crippen molar-refractivity contribution in [1.29, 1.82) is 0 Å². The molecule has 0 amide bonds. The number of hydrazine groups is 1. The number of nitrogens with zero attached hydrogens (tertiary/aromatic N) is 3. The van der Waals surface area contributed by atoms with E-state index in [0.29, 0.717) is 0 Å². The van der Waals surface area contributed by atoms with E-state index in [9.17, 15) is 0 Å². The monoisotopic (exact) mass is 307 g/mol. The van der Waals surface area contributed by atoms with E-state index in [1.54, 1.807) is 6.20 Å². The molecule has 0 radical (unpaired) electrons. The summed E-state index contributed by atoms with van der Waals surface area (Å²) in [5.41, 5.74) is 6.02. The van der Waals surface area contributed by atoms with Gasteiger partial charge in [0.25, 0.3) is 0 Å². The van der Waals surface area contributed by atoms with E-state index in [4.69, 9.17) is 17.4 Å². The summed E-state index contributed by atoms with van der Waals surface area (Å²) in [7, 11) is 0. The van der Waals surface area contributed by atoms with Crippen molar-refractivity contribution in [2.45, 2.75) is 45.7 Å². The van der Waals surface area contributed by atoms with Gasteiger partial charge in [-0.3, -0.25) is 20.9 Å². The van der Waals surface area contributed by atoms with E-state index in [0.717, 1.165) is 47.8 Å². The Kier molecular flexibility index (Phi) is 5.73. The zero-order valence-corrected chi connectivity index (χ0v) is 13.3. The second kappa shape index (κ2) is 7.54. The summed E-state index contributed by atoms with van der Waals surface area (Å²) in [5, 5.41) is 5.31. The molecular weight excluding hydrogens is 286 g/mol. The summed E-state index contributed by atoms with van der Waals surface area (Å²) in [6.45, 7) is 4.93. The number of halogens is 1. The third kappa shape index (κ3) is 3.81. The Morgan fingerprint density at radius 3 is 2.76 bits per heavy atom. The molecule has 2 rings (SSSR count). The number of hydrogen-bond donors (Lipinski definition) is 2. The van der Waals surface area contributed by atoms with Crippen LogP contribution in [-0.2, 0) is 25.8 Å². The van der Waals surface area contributed by atoms with Gasteiger partial charge in [0, 0.05) is 31.4 Å². The Bertz CT molecular complexity index is 567. The maximum Gasteiger partial charge on any atom is 0.0850 e. The first-order valence-electron chi connectivity index (χ1n) is 7.28. The predicted molar refractivity (Wildman–Crippen MR) is 85.0 cm³/mol. The van der Waals surface area contributed by atoms with E-state index >= 15 is 0 Å². The van der Waals surface area contributed by atoms with Crippen LogP contribution >= 0.6 is 11.6 Å². The Labute approximate surface area is 130 Å². The van der Waals surface area contributed by atoms with Gasteiger partial charge in [-0.25, -0.2) is 0 Å². The predicted octanol–water partition coefficient (Wildman–Crippen LogP) is 2.13. The van der Waals surface area contributed by atoms with Crippen LogP contribution in [0.4, 0.5) is 0 Å². The molecule has 0 aliphatic rings. The maximum atomic E-state index is 6.45. The smallest absolute Gasteiger partial charge is 0.0850 e. The molecule has 3 N–H and O–H groups in total. The molecule has 1 atom stereocenters. The maximum absolute atomic E-state index is 6.45. The number of hydrogen-bond acceptors (Lipinski definition) is 4. The minimum atomic E-state index is 0.0957. The summed E-state index contributed by atoms with van der Waals surface area (Å²) in [6, 6.07) is 4.08. The van der Waals surface area contributed by atoms with Crippen LogP contribution in [0.3, 0.4) is 0 Å². The molecule has 1 unspecified atom stereocenters. The molecule has 6 heteroatoms. The van der Waals surface area contributed by atoms with Crippen LogP contribution in [0.5, 0.6) is 0 Å². The topological polar surface area (TPSA) is 68.8 Å². The van der Waals surface area contributed by atoms with Crippen molar-refractivity contribution in [2.75, 3.05) is 0 Å². The van der Waals surface area contributed by atoms with E-state index < -0.39 is 0 Å². The average molecular weight is 308 g/mol. The van der Waals surface area contributed by atoms with E-state index in [1.807, 2.05) is 23.0 Å². The first kappa shape index (κ1) is 15.9. The lowest BCUT2D eigenvalue weighted by Gasteiger charge is -2.16. The fourth-order valence-electron chi connectivity index (χ4n) is 2.44. The largest absolute Gasteiger partial charge is 0.271 e. The molecule has 21 heavy (non-hydrogen) atoms. The fourth-order valence-corrected chi connectivity index (χ4v) is 2.79. The molecule has 2 heterocycles. The minimum Gasteiger partial charge on any atom is -0.271 e. The first-order valence-corrected chi connectivity index (χ1v) is 7.66. The standard InChI is InChI=1S/C15H22ClN5/c1-3-13-15(16)14(21(4-2)20-13)9-12(19-17)8-11-6-5-7-18-10-11/h5-7,10,12,19H,3-4,8-9,17H2,1-2H3. The summed E-state index contributed by atoms with van der Waals surface area (Å²) < 4.78 is 1.97. The van der Waals surface area contributed by atoms with Crippen LogP contribution < -0.4 is 11.3 Å². The number of pyridine rings is 1. The number of rotatable bonds is 7. The van der Waals surface area contributed by atoms with Gasteiger partial charge in [-0.05, 0) is 31.4 Å². The molecule has 0 saturated heterocycles. The van der Waals surface area contributed by atoms with Gasteiger partial charge in [-0.2, -0.15) is 5.10 Å². The lowest BCUT2D eigenvalue weighted by atomic mass is 10.0. The average Bonchev–Trinajstić information content (AvgIpc) is 2.83. The minimum absolute atomic E-state index is 0.0957. The van der Waals surface area contributed by atoms with Gasteiger partial charge >= 0.3 is 0 Å². The molecule has 2 aromatic rings. The molecule has 0 spiro atoms. The molecule has 0 aliphatic carbocycles. The third-order valence-corrected chi connectivity index (χ3v) is 4.01. The molecule has 0 saturated carbocycles. The van der Waals surface area contributed by atoms with Gasteiger partial charge in [0.05, 0.1) is 16.4 Å². The van der Waals surface area contributed by atoms with Crippen molar-refractivity contribution < 1.29 is 0 Å². The van der Waals surface area contributed by atoms with Crippen LogP contribution in [0.15, 0.2) is 24.5 Å². The van der Waals surface area contributed by atoms with Crippen LogP contribution in [0, 0.1) is 0 Å². The molecule has 114 valence electrons. The summed E-state index contributed by atoms with van der Waals surface area (Å²) in [6.07, 6.45) is 6.01. The van der Waals surface area contributed by atoms with Crippen LogP contribution in [-0.4, -0.2) is 20.8 Å². The number of aromatic nitrogens is 3.